The van der Waals surface area contributed by atoms with Crippen molar-refractivity contribution in [3.05, 3.63) is 34.9 Å². The van der Waals surface area contributed by atoms with E-state index in [1.807, 2.05) is 49.9 Å². The monoisotopic (exact) mass is 297 g/mol. The molecular formula is C15H24ClN3O. The molecule has 0 saturated carbocycles. The molecule has 1 amide bonds. The minimum absolute atomic E-state index is 0.00681. The molecule has 112 valence electrons. The lowest BCUT2D eigenvalue weighted by molar-refractivity contribution is -0.123. The van der Waals surface area contributed by atoms with Crippen LogP contribution in [0.5, 0.6) is 0 Å². The molecule has 0 spiro atoms. The van der Waals surface area contributed by atoms with Crippen LogP contribution >= 0.6 is 11.6 Å². The van der Waals surface area contributed by atoms with E-state index in [0.717, 1.165) is 12.1 Å². The second-order valence-electron chi connectivity index (χ2n) is 5.06. The molecule has 0 aromatic heterocycles. The molecule has 0 heterocycles. The normalized spacial score (nSPS) is 12.8. The minimum atomic E-state index is -0.0494. The van der Waals surface area contributed by atoms with Crippen molar-refractivity contribution in [1.82, 2.24) is 10.2 Å². The number of hydrogen-bond donors (Lipinski definition) is 2. The summed E-state index contributed by atoms with van der Waals surface area (Å²) in [7, 11) is 0. The number of nitrogens with zero attached hydrogens (tertiary/aromatic N) is 1. The lowest BCUT2D eigenvalue weighted by Crippen LogP contribution is -2.43. The van der Waals surface area contributed by atoms with Gasteiger partial charge in [0.15, 0.2) is 0 Å². The Hall–Kier alpha value is -1.10. The van der Waals surface area contributed by atoms with Gasteiger partial charge in [0.2, 0.25) is 5.91 Å². The predicted molar refractivity (Wildman–Crippen MR) is 83.8 cm³/mol. The Bertz CT molecular complexity index is 437. The van der Waals surface area contributed by atoms with Crippen molar-refractivity contribution < 1.29 is 4.79 Å². The van der Waals surface area contributed by atoms with Gasteiger partial charge in [-0.15, -0.1) is 0 Å². The molecule has 0 saturated heterocycles. The Morgan fingerprint density at radius 1 is 1.40 bits per heavy atom. The van der Waals surface area contributed by atoms with Crippen LogP contribution in [0, 0.1) is 0 Å². The first-order valence-corrected chi connectivity index (χ1v) is 7.35. The van der Waals surface area contributed by atoms with Crippen molar-refractivity contribution in [2.45, 2.75) is 32.9 Å². The van der Waals surface area contributed by atoms with Crippen LogP contribution < -0.4 is 11.1 Å². The molecule has 0 aliphatic heterocycles. The Morgan fingerprint density at radius 3 is 2.55 bits per heavy atom. The minimum Gasteiger partial charge on any atom is -0.353 e. The summed E-state index contributed by atoms with van der Waals surface area (Å²) in [5.74, 6) is 0.00681. The van der Waals surface area contributed by atoms with Gasteiger partial charge in [0.1, 0.15) is 0 Å². The molecule has 1 aromatic rings. The molecule has 0 aliphatic carbocycles. The standard InChI is InChI=1S/C15H24ClN3O/c1-4-19(10-15(20)18-11(2)3)14(9-17)12-7-5-6-8-13(12)16/h5-8,11,14H,4,9-10,17H2,1-3H3,(H,18,20). The van der Waals surface area contributed by atoms with E-state index >= 15 is 0 Å². The topological polar surface area (TPSA) is 58.4 Å². The fourth-order valence-corrected chi connectivity index (χ4v) is 2.47. The van der Waals surface area contributed by atoms with Crippen molar-refractivity contribution in [3.63, 3.8) is 0 Å². The van der Waals surface area contributed by atoms with E-state index in [1.54, 1.807) is 0 Å². The molecular weight excluding hydrogens is 274 g/mol. The molecule has 3 N–H and O–H groups in total. The highest BCUT2D eigenvalue weighted by molar-refractivity contribution is 6.31. The van der Waals surface area contributed by atoms with Gasteiger partial charge in [0.05, 0.1) is 6.54 Å². The highest BCUT2D eigenvalue weighted by Gasteiger charge is 2.22. The van der Waals surface area contributed by atoms with Crippen LogP contribution in [0.2, 0.25) is 5.02 Å². The number of carbonyl (C=O) groups excluding carboxylic acids is 1. The van der Waals surface area contributed by atoms with Crippen LogP contribution in [-0.4, -0.2) is 36.5 Å². The van der Waals surface area contributed by atoms with Gasteiger partial charge < -0.3 is 11.1 Å². The summed E-state index contributed by atoms with van der Waals surface area (Å²) in [5.41, 5.74) is 6.86. The molecule has 20 heavy (non-hydrogen) atoms. The lowest BCUT2D eigenvalue weighted by Gasteiger charge is -2.30. The number of nitrogens with two attached hydrogens (primary N) is 1. The Morgan fingerprint density at radius 2 is 2.05 bits per heavy atom. The Kier molecular flexibility index (Phi) is 6.99. The number of benzene rings is 1. The first-order chi connectivity index (χ1) is 9.49. The number of likely N-dealkylation sites (N-methyl/N-ethyl adjacent to an activating group) is 1. The molecule has 4 nitrogen and oxygen atoms in total. The van der Waals surface area contributed by atoms with Gasteiger partial charge in [-0.1, -0.05) is 36.7 Å². The van der Waals surface area contributed by atoms with Crippen molar-refractivity contribution in [2.24, 2.45) is 5.73 Å². The number of halogens is 1. The van der Waals surface area contributed by atoms with Crippen LogP contribution in [0.4, 0.5) is 0 Å². The summed E-state index contributed by atoms with van der Waals surface area (Å²) < 4.78 is 0. The van der Waals surface area contributed by atoms with Crippen molar-refractivity contribution in [3.8, 4) is 0 Å². The SMILES string of the molecule is CCN(CC(=O)NC(C)C)C(CN)c1ccccc1Cl. The van der Waals surface area contributed by atoms with Gasteiger partial charge in [0, 0.05) is 23.7 Å². The maximum atomic E-state index is 11.9. The van der Waals surface area contributed by atoms with Gasteiger partial charge in [0.25, 0.3) is 0 Å². The predicted octanol–water partition coefficient (Wildman–Crippen LogP) is 2.19. The first kappa shape index (κ1) is 17.0. The van der Waals surface area contributed by atoms with Crippen LogP contribution in [0.1, 0.15) is 32.4 Å². The number of nitrogens with one attached hydrogen (secondary N) is 1. The second-order valence-corrected chi connectivity index (χ2v) is 5.47. The molecule has 1 aromatic carbocycles. The number of amides is 1. The summed E-state index contributed by atoms with van der Waals surface area (Å²) in [5, 5.41) is 3.58. The van der Waals surface area contributed by atoms with Gasteiger partial charge in [-0.25, -0.2) is 0 Å². The fourth-order valence-electron chi connectivity index (χ4n) is 2.21. The van der Waals surface area contributed by atoms with E-state index in [4.69, 9.17) is 17.3 Å². The summed E-state index contributed by atoms with van der Waals surface area (Å²) in [4.78, 5) is 14.0. The zero-order valence-electron chi connectivity index (χ0n) is 12.4. The summed E-state index contributed by atoms with van der Waals surface area (Å²) >= 11 is 6.24. The van der Waals surface area contributed by atoms with Crippen molar-refractivity contribution in [2.75, 3.05) is 19.6 Å². The van der Waals surface area contributed by atoms with E-state index in [9.17, 15) is 4.79 Å². The molecule has 0 bridgehead atoms. The zero-order chi connectivity index (χ0) is 15.1. The first-order valence-electron chi connectivity index (χ1n) is 6.97. The summed E-state index contributed by atoms with van der Waals surface area (Å²) in [6.45, 7) is 7.39. The van der Waals surface area contributed by atoms with Crippen molar-refractivity contribution in [1.29, 1.82) is 0 Å². The van der Waals surface area contributed by atoms with Crippen LogP contribution in [-0.2, 0) is 4.79 Å². The number of rotatable bonds is 7. The van der Waals surface area contributed by atoms with Crippen LogP contribution in [0.25, 0.3) is 0 Å². The number of hydrogen-bond acceptors (Lipinski definition) is 3. The van der Waals surface area contributed by atoms with Crippen molar-refractivity contribution >= 4 is 17.5 Å². The van der Waals surface area contributed by atoms with Gasteiger partial charge in [-0.05, 0) is 32.0 Å². The van der Waals surface area contributed by atoms with E-state index in [-0.39, 0.29) is 18.0 Å². The van der Waals surface area contributed by atoms with E-state index in [1.165, 1.54) is 0 Å². The molecule has 1 atom stereocenters. The Labute approximate surface area is 126 Å². The van der Waals surface area contributed by atoms with Crippen LogP contribution in [0.3, 0.4) is 0 Å². The van der Waals surface area contributed by atoms with E-state index in [2.05, 4.69) is 5.32 Å². The quantitative estimate of drug-likeness (QED) is 0.811. The maximum Gasteiger partial charge on any atom is 0.234 e. The average molecular weight is 298 g/mol. The third kappa shape index (κ3) is 4.78. The summed E-state index contributed by atoms with van der Waals surface area (Å²) in [6, 6.07) is 7.72. The molecule has 5 heteroatoms. The highest BCUT2D eigenvalue weighted by atomic mass is 35.5. The smallest absolute Gasteiger partial charge is 0.234 e. The van der Waals surface area contributed by atoms with E-state index in [0.29, 0.717) is 18.1 Å². The van der Waals surface area contributed by atoms with Gasteiger partial charge in [-0.3, -0.25) is 9.69 Å². The van der Waals surface area contributed by atoms with E-state index < -0.39 is 0 Å². The zero-order valence-corrected chi connectivity index (χ0v) is 13.2. The number of carbonyl (C=O) groups is 1. The third-order valence-electron chi connectivity index (χ3n) is 3.13. The molecule has 1 unspecified atom stereocenters. The van der Waals surface area contributed by atoms with Gasteiger partial charge in [-0.2, -0.15) is 0 Å². The van der Waals surface area contributed by atoms with Gasteiger partial charge >= 0.3 is 0 Å². The Balaban J connectivity index is 2.85. The van der Waals surface area contributed by atoms with Crippen LogP contribution in [0.15, 0.2) is 24.3 Å². The lowest BCUT2D eigenvalue weighted by atomic mass is 10.1. The molecule has 0 radical (unpaired) electrons. The maximum absolute atomic E-state index is 11.9. The molecule has 1 rings (SSSR count). The summed E-state index contributed by atoms with van der Waals surface area (Å²) in [6.07, 6.45) is 0. The molecule has 0 fully saturated rings. The molecule has 0 aliphatic rings. The second kappa shape index (κ2) is 8.25. The average Bonchev–Trinajstić information content (AvgIpc) is 2.39. The fraction of sp³-hybridized carbons (Fsp3) is 0.533. The highest BCUT2D eigenvalue weighted by Crippen LogP contribution is 2.26. The largest absolute Gasteiger partial charge is 0.353 e. The third-order valence-corrected chi connectivity index (χ3v) is 3.48.